The van der Waals surface area contributed by atoms with Crippen LogP contribution in [0, 0.1) is 11.6 Å². The lowest BCUT2D eigenvalue weighted by Crippen LogP contribution is -1.87. The molecule has 0 aliphatic carbocycles. The van der Waals surface area contributed by atoms with Gasteiger partial charge >= 0.3 is 0 Å². The van der Waals surface area contributed by atoms with Gasteiger partial charge in [0.1, 0.15) is 11.6 Å². The summed E-state index contributed by atoms with van der Waals surface area (Å²) in [5.41, 5.74) is 1.21. The molecule has 0 radical (unpaired) electrons. The van der Waals surface area contributed by atoms with Crippen molar-refractivity contribution in [2.45, 2.75) is 0 Å². The van der Waals surface area contributed by atoms with Crippen LogP contribution in [0.25, 0.3) is 20.4 Å². The molecule has 2 heterocycles. The summed E-state index contributed by atoms with van der Waals surface area (Å²) < 4.78 is 28.1. The van der Waals surface area contributed by atoms with Crippen molar-refractivity contribution in [3.63, 3.8) is 0 Å². The van der Waals surface area contributed by atoms with E-state index in [-0.39, 0.29) is 11.6 Å². The van der Waals surface area contributed by atoms with Crippen LogP contribution in [-0.4, -0.2) is 9.97 Å². The Kier molecular flexibility index (Phi) is 2.83. The van der Waals surface area contributed by atoms with Crippen molar-refractivity contribution in [1.29, 1.82) is 0 Å². The molecule has 0 saturated carbocycles. The molecule has 21 heavy (non-hydrogen) atoms. The first-order valence-electron chi connectivity index (χ1n) is 6.06. The van der Waals surface area contributed by atoms with Gasteiger partial charge in [-0.05, 0) is 24.3 Å². The summed E-state index contributed by atoms with van der Waals surface area (Å²) in [7, 11) is 0. The molecule has 1 N–H and O–H groups in total. The first kappa shape index (κ1) is 12.6. The van der Waals surface area contributed by atoms with Gasteiger partial charge in [-0.25, -0.2) is 18.7 Å². The van der Waals surface area contributed by atoms with E-state index in [1.54, 1.807) is 12.1 Å². The lowest BCUT2D eigenvalue weighted by molar-refractivity contribution is 0.629. The Morgan fingerprint density at radius 2 is 1.24 bits per heavy atom. The van der Waals surface area contributed by atoms with E-state index in [4.69, 9.17) is 0 Å². The molecule has 0 saturated heterocycles. The van der Waals surface area contributed by atoms with Gasteiger partial charge in [0.25, 0.3) is 0 Å². The molecular formula is C14H7F2N3S2. The molecule has 2 aromatic carbocycles. The number of thiazole rings is 2. The second-order valence-corrected chi connectivity index (χ2v) is 6.45. The van der Waals surface area contributed by atoms with Gasteiger partial charge in [-0.3, -0.25) is 0 Å². The van der Waals surface area contributed by atoms with Crippen molar-refractivity contribution >= 4 is 53.4 Å². The number of aromatic nitrogens is 2. The summed E-state index contributed by atoms with van der Waals surface area (Å²) in [6.45, 7) is 0. The standard InChI is InChI=1S/C14H7F2N3S2/c15-7-1-3-11-9(5-7)17-13(20-11)19-14-18-10-6-8(16)2-4-12(10)21-14/h1-6H,(H,17,18,19). The topological polar surface area (TPSA) is 37.8 Å². The van der Waals surface area contributed by atoms with Gasteiger partial charge in [-0.2, -0.15) is 0 Å². The molecule has 7 heteroatoms. The number of rotatable bonds is 2. The first-order valence-corrected chi connectivity index (χ1v) is 7.70. The second-order valence-electron chi connectivity index (χ2n) is 4.39. The maximum atomic E-state index is 13.1. The number of fused-ring (bicyclic) bond motifs is 2. The first-order chi connectivity index (χ1) is 10.2. The molecule has 0 fully saturated rings. The average Bonchev–Trinajstić information content (AvgIpc) is 3.00. The highest BCUT2D eigenvalue weighted by Crippen LogP contribution is 2.32. The van der Waals surface area contributed by atoms with Crippen LogP contribution in [0.2, 0.25) is 0 Å². The molecule has 0 aliphatic heterocycles. The minimum absolute atomic E-state index is 0.310. The van der Waals surface area contributed by atoms with Crippen LogP contribution in [0.1, 0.15) is 0 Å². The maximum absolute atomic E-state index is 13.1. The van der Waals surface area contributed by atoms with Crippen molar-refractivity contribution in [3.05, 3.63) is 48.0 Å². The van der Waals surface area contributed by atoms with E-state index in [1.807, 2.05) is 0 Å². The Labute approximate surface area is 125 Å². The zero-order chi connectivity index (χ0) is 14.4. The van der Waals surface area contributed by atoms with E-state index in [1.165, 1.54) is 46.9 Å². The summed E-state index contributed by atoms with van der Waals surface area (Å²) in [6, 6.07) is 8.99. The predicted molar refractivity (Wildman–Crippen MR) is 82.4 cm³/mol. The molecule has 4 rings (SSSR count). The molecular weight excluding hydrogens is 312 g/mol. The molecule has 0 unspecified atom stereocenters. The van der Waals surface area contributed by atoms with Crippen LogP contribution >= 0.6 is 22.7 Å². The summed E-state index contributed by atoms with van der Waals surface area (Å²) in [5, 5.41) is 4.36. The molecule has 0 atom stereocenters. The molecule has 3 nitrogen and oxygen atoms in total. The van der Waals surface area contributed by atoms with Gasteiger partial charge in [0.15, 0.2) is 10.3 Å². The number of hydrogen-bond donors (Lipinski definition) is 1. The summed E-state index contributed by atoms with van der Waals surface area (Å²) in [6.07, 6.45) is 0. The number of benzene rings is 2. The van der Waals surface area contributed by atoms with Crippen molar-refractivity contribution in [2.24, 2.45) is 0 Å². The highest BCUT2D eigenvalue weighted by atomic mass is 32.1. The second kappa shape index (κ2) is 4.71. The molecule has 0 spiro atoms. The third kappa shape index (κ3) is 2.34. The van der Waals surface area contributed by atoms with Crippen LogP contribution in [0.15, 0.2) is 36.4 Å². The number of nitrogens with zero attached hydrogens (tertiary/aromatic N) is 2. The average molecular weight is 319 g/mol. The van der Waals surface area contributed by atoms with E-state index in [9.17, 15) is 8.78 Å². The Morgan fingerprint density at radius 3 is 1.71 bits per heavy atom. The van der Waals surface area contributed by atoms with Crippen LogP contribution in [0.3, 0.4) is 0 Å². The largest absolute Gasteiger partial charge is 0.307 e. The van der Waals surface area contributed by atoms with Crippen LogP contribution in [0.4, 0.5) is 19.0 Å². The Hall–Kier alpha value is -2.12. The number of hydrogen-bond acceptors (Lipinski definition) is 5. The maximum Gasteiger partial charge on any atom is 0.190 e. The lowest BCUT2D eigenvalue weighted by atomic mass is 10.3. The molecule has 0 amide bonds. The molecule has 2 aromatic heterocycles. The molecule has 104 valence electrons. The quantitative estimate of drug-likeness (QED) is 0.569. The Morgan fingerprint density at radius 1 is 0.762 bits per heavy atom. The predicted octanol–water partition coefficient (Wildman–Crippen LogP) is 4.93. The third-order valence-corrected chi connectivity index (χ3v) is 4.82. The zero-order valence-corrected chi connectivity index (χ0v) is 12.1. The van der Waals surface area contributed by atoms with Gasteiger partial charge < -0.3 is 5.32 Å². The molecule has 4 aromatic rings. The van der Waals surface area contributed by atoms with Crippen LogP contribution in [-0.2, 0) is 0 Å². The minimum atomic E-state index is -0.310. The summed E-state index contributed by atoms with van der Waals surface area (Å²) in [4.78, 5) is 8.63. The van der Waals surface area contributed by atoms with Crippen molar-refractivity contribution < 1.29 is 8.78 Å². The highest BCUT2D eigenvalue weighted by Gasteiger charge is 2.09. The highest BCUT2D eigenvalue weighted by molar-refractivity contribution is 7.24. The normalized spacial score (nSPS) is 11.3. The van der Waals surface area contributed by atoms with E-state index < -0.39 is 0 Å². The number of halogens is 2. The zero-order valence-electron chi connectivity index (χ0n) is 10.4. The monoisotopic (exact) mass is 319 g/mol. The van der Waals surface area contributed by atoms with E-state index in [2.05, 4.69) is 15.3 Å². The summed E-state index contributed by atoms with van der Waals surface area (Å²) in [5.74, 6) is -0.621. The fourth-order valence-corrected chi connectivity index (χ4v) is 3.75. The van der Waals surface area contributed by atoms with Gasteiger partial charge in [0, 0.05) is 12.1 Å². The summed E-state index contributed by atoms with van der Waals surface area (Å²) >= 11 is 2.84. The number of anilines is 2. The van der Waals surface area contributed by atoms with Crippen molar-refractivity contribution in [2.75, 3.05) is 5.32 Å². The Balaban J connectivity index is 1.71. The van der Waals surface area contributed by atoms with Gasteiger partial charge in [0.05, 0.1) is 20.4 Å². The van der Waals surface area contributed by atoms with Crippen LogP contribution < -0.4 is 5.32 Å². The van der Waals surface area contributed by atoms with Crippen molar-refractivity contribution in [3.8, 4) is 0 Å². The van der Waals surface area contributed by atoms with Crippen LogP contribution in [0.5, 0.6) is 0 Å². The third-order valence-electron chi connectivity index (χ3n) is 2.91. The SMILES string of the molecule is Fc1ccc2sc(Nc3nc4cc(F)ccc4s3)nc2c1. The van der Waals surface area contributed by atoms with E-state index in [0.717, 1.165) is 9.40 Å². The Bertz CT molecular complexity index is 883. The number of nitrogens with one attached hydrogen (secondary N) is 1. The van der Waals surface area contributed by atoms with Gasteiger partial charge in [-0.15, -0.1) is 0 Å². The van der Waals surface area contributed by atoms with E-state index >= 15 is 0 Å². The minimum Gasteiger partial charge on any atom is -0.307 e. The van der Waals surface area contributed by atoms with Gasteiger partial charge in [0.2, 0.25) is 0 Å². The molecule has 0 aliphatic rings. The smallest absolute Gasteiger partial charge is 0.190 e. The van der Waals surface area contributed by atoms with Crippen molar-refractivity contribution in [1.82, 2.24) is 9.97 Å². The van der Waals surface area contributed by atoms with E-state index in [0.29, 0.717) is 21.3 Å². The molecule has 0 bridgehead atoms. The fraction of sp³-hybridized carbons (Fsp3) is 0. The lowest BCUT2D eigenvalue weighted by Gasteiger charge is -1.93. The van der Waals surface area contributed by atoms with Gasteiger partial charge in [-0.1, -0.05) is 22.7 Å². The fourth-order valence-electron chi connectivity index (χ4n) is 2.00.